The molecule has 5 nitrogen and oxygen atoms in total. The van der Waals surface area contributed by atoms with Crippen LogP contribution in [0.5, 0.6) is 5.75 Å². The Bertz CT molecular complexity index is 419. The average Bonchev–Trinajstić information content (AvgIpc) is 2.44. The van der Waals surface area contributed by atoms with E-state index in [1.54, 1.807) is 19.2 Å². The maximum atomic E-state index is 10.9. The highest BCUT2D eigenvalue weighted by Crippen LogP contribution is 2.18. The van der Waals surface area contributed by atoms with Gasteiger partial charge in [-0.1, -0.05) is 11.6 Å². The molecule has 1 N–H and O–H groups in total. The van der Waals surface area contributed by atoms with Crippen LogP contribution in [0.25, 0.3) is 0 Å². The van der Waals surface area contributed by atoms with Gasteiger partial charge in [0, 0.05) is 7.11 Å². The van der Waals surface area contributed by atoms with E-state index < -0.39 is 6.10 Å². The van der Waals surface area contributed by atoms with Crippen LogP contribution in [-0.4, -0.2) is 50.5 Å². The van der Waals surface area contributed by atoms with Crippen molar-refractivity contribution in [3.05, 3.63) is 29.3 Å². The minimum absolute atomic E-state index is 0.0730. The molecule has 0 spiro atoms. The van der Waals surface area contributed by atoms with Gasteiger partial charge in [-0.3, -0.25) is 4.79 Å². The number of carbonyl (C=O) groups excluding carboxylic acids is 1. The third-order valence-corrected chi connectivity index (χ3v) is 2.70. The van der Waals surface area contributed by atoms with E-state index in [1.165, 1.54) is 0 Å². The van der Waals surface area contributed by atoms with Crippen molar-refractivity contribution in [2.45, 2.75) is 26.1 Å². The normalized spacial score (nSPS) is 13.8. The molecule has 0 saturated carbocycles. The summed E-state index contributed by atoms with van der Waals surface area (Å²) in [7, 11) is 1.59. The van der Waals surface area contributed by atoms with Crippen LogP contribution in [0.3, 0.4) is 0 Å². The van der Waals surface area contributed by atoms with Gasteiger partial charge >= 0.3 is 0 Å². The van der Waals surface area contributed by atoms with Crippen LogP contribution in [0.1, 0.15) is 22.8 Å². The lowest BCUT2D eigenvalue weighted by molar-refractivity contribution is -0.0423. The van der Waals surface area contributed by atoms with E-state index in [0.29, 0.717) is 17.9 Å². The Kier molecular flexibility index (Phi) is 7.22. The number of hydrogen-bond donors (Lipinski definition) is 1. The first-order chi connectivity index (χ1) is 9.56. The maximum absolute atomic E-state index is 10.9. The van der Waals surface area contributed by atoms with Gasteiger partial charge in [-0.15, -0.1) is 0 Å². The van der Waals surface area contributed by atoms with Crippen molar-refractivity contribution < 1.29 is 24.1 Å². The molecular weight excluding hydrogens is 260 g/mol. The highest BCUT2D eigenvalue weighted by molar-refractivity contribution is 5.79. The summed E-state index contributed by atoms with van der Waals surface area (Å²) in [6.45, 7) is 4.47. The van der Waals surface area contributed by atoms with Crippen molar-refractivity contribution >= 4 is 6.29 Å². The third-order valence-electron chi connectivity index (χ3n) is 2.70. The molecule has 1 aromatic rings. The number of rotatable bonds is 9. The molecule has 0 amide bonds. The van der Waals surface area contributed by atoms with E-state index >= 15 is 0 Å². The minimum Gasteiger partial charge on any atom is -0.490 e. The summed E-state index contributed by atoms with van der Waals surface area (Å²) in [4.78, 5) is 10.9. The van der Waals surface area contributed by atoms with Gasteiger partial charge in [0.1, 0.15) is 18.5 Å². The second-order valence-electron chi connectivity index (χ2n) is 4.72. The van der Waals surface area contributed by atoms with E-state index in [0.717, 1.165) is 11.8 Å². The minimum atomic E-state index is -0.755. The number of carbonyl (C=O) groups is 1. The Labute approximate surface area is 119 Å². The van der Waals surface area contributed by atoms with Gasteiger partial charge in [0.05, 0.1) is 24.9 Å². The zero-order valence-corrected chi connectivity index (χ0v) is 12.2. The summed E-state index contributed by atoms with van der Waals surface area (Å²) < 4.78 is 15.8. The Morgan fingerprint density at radius 1 is 1.30 bits per heavy atom. The first-order valence-electron chi connectivity index (χ1n) is 6.54. The molecule has 2 unspecified atom stereocenters. The van der Waals surface area contributed by atoms with Gasteiger partial charge in [0.2, 0.25) is 0 Å². The summed E-state index contributed by atoms with van der Waals surface area (Å²) >= 11 is 0. The fourth-order valence-electron chi connectivity index (χ4n) is 1.68. The standard InChI is InChI=1S/C15H22O5/c1-11-4-5-15(13(6-11)7-16)20-10-14(17)9-19-12(2)8-18-3/h4-7,12,14,17H,8-10H2,1-3H3. The maximum Gasteiger partial charge on any atom is 0.153 e. The summed E-state index contributed by atoms with van der Waals surface area (Å²) in [6.07, 6.45) is -0.0963. The Balaban J connectivity index is 2.41. The predicted octanol–water partition coefficient (Wildman–Crippen LogP) is 1.60. The molecule has 112 valence electrons. The topological polar surface area (TPSA) is 65.0 Å². The van der Waals surface area contributed by atoms with Gasteiger partial charge in [0.15, 0.2) is 6.29 Å². The van der Waals surface area contributed by atoms with Crippen LogP contribution in [0.4, 0.5) is 0 Å². The zero-order chi connectivity index (χ0) is 15.0. The number of ether oxygens (including phenoxy) is 3. The molecule has 0 bridgehead atoms. The largest absolute Gasteiger partial charge is 0.490 e. The molecular formula is C15H22O5. The monoisotopic (exact) mass is 282 g/mol. The van der Waals surface area contributed by atoms with Crippen LogP contribution >= 0.6 is 0 Å². The van der Waals surface area contributed by atoms with E-state index in [2.05, 4.69) is 0 Å². The van der Waals surface area contributed by atoms with Crippen LogP contribution in [0, 0.1) is 6.92 Å². The molecule has 2 atom stereocenters. The van der Waals surface area contributed by atoms with Crippen LogP contribution in [0.2, 0.25) is 0 Å². The van der Waals surface area contributed by atoms with Crippen LogP contribution in [0.15, 0.2) is 18.2 Å². The molecule has 0 saturated heterocycles. The number of aldehydes is 1. The number of aryl methyl sites for hydroxylation is 1. The number of aliphatic hydroxyl groups excluding tert-OH is 1. The first kappa shape index (κ1) is 16.6. The van der Waals surface area contributed by atoms with Gasteiger partial charge in [-0.2, -0.15) is 0 Å². The summed E-state index contributed by atoms with van der Waals surface area (Å²) in [5.41, 5.74) is 1.46. The molecule has 0 radical (unpaired) electrons. The summed E-state index contributed by atoms with van der Waals surface area (Å²) in [5, 5.41) is 9.77. The quantitative estimate of drug-likeness (QED) is 0.697. The number of benzene rings is 1. The lowest BCUT2D eigenvalue weighted by atomic mass is 10.1. The van der Waals surface area contributed by atoms with Crippen molar-refractivity contribution in [2.24, 2.45) is 0 Å². The fourth-order valence-corrected chi connectivity index (χ4v) is 1.68. The lowest BCUT2D eigenvalue weighted by Crippen LogP contribution is -2.27. The second kappa shape index (κ2) is 8.68. The molecule has 1 rings (SSSR count). The highest BCUT2D eigenvalue weighted by Gasteiger charge is 2.10. The fraction of sp³-hybridized carbons (Fsp3) is 0.533. The van der Waals surface area contributed by atoms with Crippen molar-refractivity contribution in [1.82, 2.24) is 0 Å². The number of hydrogen-bond acceptors (Lipinski definition) is 5. The Hall–Kier alpha value is -1.43. The van der Waals surface area contributed by atoms with Gasteiger partial charge < -0.3 is 19.3 Å². The summed E-state index contributed by atoms with van der Waals surface area (Å²) in [5.74, 6) is 0.467. The smallest absolute Gasteiger partial charge is 0.153 e. The highest BCUT2D eigenvalue weighted by atomic mass is 16.5. The SMILES string of the molecule is COCC(C)OCC(O)COc1ccc(C)cc1C=O. The zero-order valence-electron chi connectivity index (χ0n) is 12.2. The first-order valence-corrected chi connectivity index (χ1v) is 6.54. The predicted molar refractivity (Wildman–Crippen MR) is 75.4 cm³/mol. The second-order valence-corrected chi connectivity index (χ2v) is 4.72. The number of aliphatic hydroxyl groups is 1. The van der Waals surface area contributed by atoms with Gasteiger partial charge in [-0.05, 0) is 26.0 Å². The van der Waals surface area contributed by atoms with E-state index in [4.69, 9.17) is 14.2 Å². The van der Waals surface area contributed by atoms with Crippen molar-refractivity contribution in [2.75, 3.05) is 26.9 Å². The number of methoxy groups -OCH3 is 1. The molecule has 1 aromatic carbocycles. The molecule has 5 heteroatoms. The molecule has 0 aliphatic carbocycles. The molecule has 0 heterocycles. The molecule has 20 heavy (non-hydrogen) atoms. The van der Waals surface area contributed by atoms with Gasteiger partial charge in [-0.25, -0.2) is 0 Å². The molecule has 0 aliphatic rings. The Morgan fingerprint density at radius 2 is 2.05 bits per heavy atom. The third kappa shape index (κ3) is 5.69. The Morgan fingerprint density at radius 3 is 2.70 bits per heavy atom. The van der Waals surface area contributed by atoms with Crippen molar-refractivity contribution in [3.8, 4) is 5.75 Å². The van der Waals surface area contributed by atoms with Gasteiger partial charge in [0.25, 0.3) is 0 Å². The van der Waals surface area contributed by atoms with Crippen LogP contribution < -0.4 is 4.74 Å². The average molecular weight is 282 g/mol. The van der Waals surface area contributed by atoms with E-state index in [-0.39, 0.29) is 19.3 Å². The van der Waals surface area contributed by atoms with E-state index in [1.807, 2.05) is 19.9 Å². The van der Waals surface area contributed by atoms with E-state index in [9.17, 15) is 9.90 Å². The molecule has 0 fully saturated rings. The summed E-state index contributed by atoms with van der Waals surface area (Å²) in [6, 6.07) is 5.32. The molecule has 0 aromatic heterocycles. The molecule has 0 aliphatic heterocycles. The lowest BCUT2D eigenvalue weighted by Gasteiger charge is -2.17. The van der Waals surface area contributed by atoms with Crippen LogP contribution in [-0.2, 0) is 9.47 Å². The van der Waals surface area contributed by atoms with Crippen molar-refractivity contribution in [3.63, 3.8) is 0 Å². The van der Waals surface area contributed by atoms with Crippen molar-refractivity contribution in [1.29, 1.82) is 0 Å².